The van der Waals surface area contributed by atoms with E-state index in [4.69, 9.17) is 4.74 Å². The van der Waals surface area contributed by atoms with E-state index in [1.165, 1.54) is 11.1 Å². The Morgan fingerprint density at radius 2 is 2.00 bits per heavy atom. The summed E-state index contributed by atoms with van der Waals surface area (Å²) in [7, 11) is 0. The zero-order chi connectivity index (χ0) is 12.6. The first kappa shape index (κ1) is 11.7. The molecule has 0 fully saturated rings. The standard InChI is InChI=1S/C15H17NO/c1-10-7-11-5-6-14(17-15(2,3)4)13(9-16)12(11)8-10/h5-6,8H,7H2,1-4H3. The second kappa shape index (κ2) is 3.92. The molecule has 0 amide bonds. The van der Waals surface area contributed by atoms with Gasteiger partial charge in [0.15, 0.2) is 0 Å². The Hall–Kier alpha value is -1.75. The van der Waals surface area contributed by atoms with Crippen LogP contribution in [-0.2, 0) is 6.42 Å². The van der Waals surface area contributed by atoms with Crippen LogP contribution >= 0.6 is 0 Å². The molecule has 1 aliphatic carbocycles. The predicted molar refractivity (Wildman–Crippen MR) is 68.9 cm³/mol. The quantitative estimate of drug-likeness (QED) is 0.733. The first-order chi connectivity index (χ1) is 7.90. The van der Waals surface area contributed by atoms with Crippen LogP contribution in [0.3, 0.4) is 0 Å². The number of nitrogens with zero attached hydrogens (tertiary/aromatic N) is 1. The van der Waals surface area contributed by atoms with Gasteiger partial charge in [0.05, 0.1) is 0 Å². The van der Waals surface area contributed by atoms with Crippen molar-refractivity contribution in [1.82, 2.24) is 0 Å². The third-order valence-electron chi connectivity index (χ3n) is 2.69. The second-order valence-electron chi connectivity index (χ2n) is 5.51. The fourth-order valence-electron chi connectivity index (χ4n) is 2.09. The summed E-state index contributed by atoms with van der Waals surface area (Å²) < 4.78 is 5.83. The van der Waals surface area contributed by atoms with Crippen molar-refractivity contribution in [2.75, 3.05) is 0 Å². The third-order valence-corrected chi connectivity index (χ3v) is 2.69. The lowest BCUT2D eigenvalue weighted by atomic mass is 10.0. The summed E-state index contributed by atoms with van der Waals surface area (Å²) in [6, 6.07) is 6.24. The lowest BCUT2D eigenvalue weighted by Crippen LogP contribution is -2.23. The average molecular weight is 227 g/mol. The van der Waals surface area contributed by atoms with Gasteiger partial charge in [-0.15, -0.1) is 0 Å². The number of benzene rings is 1. The highest BCUT2D eigenvalue weighted by Gasteiger charge is 2.20. The summed E-state index contributed by atoms with van der Waals surface area (Å²) in [5.41, 5.74) is 3.93. The highest BCUT2D eigenvalue weighted by molar-refractivity contribution is 5.72. The van der Waals surface area contributed by atoms with E-state index >= 15 is 0 Å². The zero-order valence-corrected chi connectivity index (χ0v) is 10.8. The van der Waals surface area contributed by atoms with E-state index < -0.39 is 0 Å². The topological polar surface area (TPSA) is 33.0 Å². The molecule has 0 radical (unpaired) electrons. The zero-order valence-electron chi connectivity index (χ0n) is 10.8. The van der Waals surface area contributed by atoms with Crippen LogP contribution in [0.2, 0.25) is 0 Å². The molecule has 1 aromatic rings. The number of ether oxygens (including phenoxy) is 1. The summed E-state index contributed by atoms with van der Waals surface area (Å²) in [5.74, 6) is 0.685. The number of hydrogen-bond donors (Lipinski definition) is 0. The van der Waals surface area contributed by atoms with Crippen molar-refractivity contribution in [3.63, 3.8) is 0 Å². The van der Waals surface area contributed by atoms with Gasteiger partial charge in [-0.05, 0) is 51.3 Å². The highest BCUT2D eigenvalue weighted by atomic mass is 16.5. The van der Waals surface area contributed by atoms with Crippen molar-refractivity contribution >= 4 is 6.08 Å². The predicted octanol–water partition coefficient (Wildman–Crippen LogP) is 3.69. The van der Waals surface area contributed by atoms with Crippen LogP contribution in [0.1, 0.15) is 44.4 Å². The summed E-state index contributed by atoms with van der Waals surface area (Å²) >= 11 is 0. The minimum atomic E-state index is -0.281. The minimum Gasteiger partial charge on any atom is -0.487 e. The molecule has 0 bridgehead atoms. The van der Waals surface area contributed by atoms with Crippen LogP contribution < -0.4 is 4.74 Å². The fraction of sp³-hybridized carbons (Fsp3) is 0.400. The number of rotatable bonds is 1. The molecule has 0 saturated heterocycles. The van der Waals surface area contributed by atoms with Crippen molar-refractivity contribution < 1.29 is 4.74 Å². The van der Waals surface area contributed by atoms with E-state index in [1.54, 1.807) is 0 Å². The third kappa shape index (κ3) is 2.34. The summed E-state index contributed by atoms with van der Waals surface area (Å²) in [5, 5.41) is 9.31. The van der Waals surface area contributed by atoms with Crippen LogP contribution in [0.15, 0.2) is 17.7 Å². The van der Waals surface area contributed by atoms with E-state index in [2.05, 4.69) is 25.1 Å². The number of hydrogen-bond acceptors (Lipinski definition) is 2. The molecule has 0 aliphatic heterocycles. The molecule has 0 saturated carbocycles. The van der Waals surface area contributed by atoms with E-state index in [0.29, 0.717) is 11.3 Å². The van der Waals surface area contributed by atoms with Gasteiger partial charge in [-0.25, -0.2) is 0 Å². The van der Waals surface area contributed by atoms with Crippen LogP contribution in [0.5, 0.6) is 5.75 Å². The smallest absolute Gasteiger partial charge is 0.138 e. The first-order valence-electron chi connectivity index (χ1n) is 5.83. The number of nitriles is 1. The molecule has 0 atom stereocenters. The molecule has 0 aromatic heterocycles. The van der Waals surface area contributed by atoms with Crippen molar-refractivity contribution in [3.8, 4) is 11.8 Å². The van der Waals surface area contributed by atoms with Gasteiger partial charge in [0.2, 0.25) is 0 Å². The minimum absolute atomic E-state index is 0.281. The maximum Gasteiger partial charge on any atom is 0.138 e. The van der Waals surface area contributed by atoms with Gasteiger partial charge in [0.25, 0.3) is 0 Å². The van der Waals surface area contributed by atoms with Crippen LogP contribution in [-0.4, -0.2) is 5.60 Å². The Morgan fingerprint density at radius 1 is 1.29 bits per heavy atom. The van der Waals surface area contributed by atoms with Gasteiger partial charge in [-0.3, -0.25) is 0 Å². The molecule has 2 rings (SSSR count). The van der Waals surface area contributed by atoms with Crippen molar-refractivity contribution in [2.45, 2.75) is 39.7 Å². The van der Waals surface area contributed by atoms with Crippen molar-refractivity contribution in [2.24, 2.45) is 0 Å². The number of fused-ring (bicyclic) bond motifs is 1. The molecule has 1 aliphatic rings. The van der Waals surface area contributed by atoms with Gasteiger partial charge in [0, 0.05) is 0 Å². The van der Waals surface area contributed by atoms with E-state index in [-0.39, 0.29) is 5.60 Å². The number of allylic oxidation sites excluding steroid dienone is 1. The lowest BCUT2D eigenvalue weighted by Gasteiger charge is -2.22. The van der Waals surface area contributed by atoms with Crippen LogP contribution in [0.25, 0.3) is 6.08 Å². The normalized spacial score (nSPS) is 13.9. The Morgan fingerprint density at radius 3 is 2.59 bits per heavy atom. The molecule has 17 heavy (non-hydrogen) atoms. The molecule has 2 heteroatoms. The van der Waals surface area contributed by atoms with Crippen molar-refractivity contribution in [3.05, 3.63) is 34.4 Å². The monoisotopic (exact) mass is 227 g/mol. The largest absolute Gasteiger partial charge is 0.487 e. The Balaban J connectivity index is 2.50. The van der Waals surface area contributed by atoms with Gasteiger partial charge < -0.3 is 4.74 Å². The lowest BCUT2D eigenvalue weighted by molar-refractivity contribution is 0.130. The molecule has 0 unspecified atom stereocenters. The van der Waals surface area contributed by atoms with Crippen LogP contribution in [0, 0.1) is 11.3 Å². The maximum atomic E-state index is 9.31. The van der Waals surface area contributed by atoms with E-state index in [0.717, 1.165) is 12.0 Å². The molecular weight excluding hydrogens is 210 g/mol. The maximum absolute atomic E-state index is 9.31. The van der Waals surface area contributed by atoms with Gasteiger partial charge in [-0.2, -0.15) is 5.26 Å². The van der Waals surface area contributed by atoms with E-state index in [9.17, 15) is 5.26 Å². The Labute approximate surface area is 103 Å². The first-order valence-corrected chi connectivity index (χ1v) is 5.83. The van der Waals surface area contributed by atoms with Gasteiger partial charge >= 0.3 is 0 Å². The summed E-state index contributed by atoms with van der Waals surface area (Å²) in [4.78, 5) is 0. The molecule has 1 aromatic carbocycles. The SMILES string of the molecule is CC1=Cc2c(ccc(OC(C)(C)C)c2C#N)C1. The molecule has 88 valence electrons. The second-order valence-corrected chi connectivity index (χ2v) is 5.51. The Bertz CT molecular complexity index is 527. The molecule has 0 spiro atoms. The van der Waals surface area contributed by atoms with E-state index in [1.807, 2.05) is 26.8 Å². The van der Waals surface area contributed by atoms with Gasteiger partial charge in [-0.1, -0.05) is 17.7 Å². The van der Waals surface area contributed by atoms with Gasteiger partial charge in [0.1, 0.15) is 23.0 Å². The Kier molecular flexibility index (Phi) is 2.71. The molecular formula is C15H17NO. The molecule has 2 nitrogen and oxygen atoms in total. The molecule has 0 N–H and O–H groups in total. The summed E-state index contributed by atoms with van der Waals surface area (Å²) in [6.07, 6.45) is 3.03. The highest BCUT2D eigenvalue weighted by Crippen LogP contribution is 2.34. The average Bonchev–Trinajstić information content (AvgIpc) is 2.56. The fourth-order valence-corrected chi connectivity index (χ4v) is 2.09. The van der Waals surface area contributed by atoms with Crippen molar-refractivity contribution in [1.29, 1.82) is 5.26 Å². The summed E-state index contributed by atoms with van der Waals surface area (Å²) in [6.45, 7) is 8.05. The molecule has 0 heterocycles. The van der Waals surface area contributed by atoms with Crippen LogP contribution in [0.4, 0.5) is 0 Å².